The molecule has 0 bridgehead atoms. The maximum Gasteiger partial charge on any atom is 0.260 e. The predicted molar refractivity (Wildman–Crippen MR) is 76.8 cm³/mol. The Bertz CT molecular complexity index is 405. The van der Waals surface area contributed by atoms with Crippen LogP contribution in [0.4, 0.5) is 0 Å². The van der Waals surface area contributed by atoms with Crippen LogP contribution in [0.15, 0.2) is 30.3 Å². The Morgan fingerprint density at radius 3 is 2.70 bits per heavy atom. The molecule has 1 heterocycles. The fourth-order valence-corrected chi connectivity index (χ4v) is 2.01. The molecule has 1 fully saturated rings. The zero-order valence-electron chi connectivity index (χ0n) is 12.0. The number of hydrogen-bond donors (Lipinski definition) is 0. The predicted octanol–water partition coefficient (Wildman–Crippen LogP) is 0.856. The number of benzene rings is 1. The molecule has 0 unspecified atom stereocenters. The van der Waals surface area contributed by atoms with Gasteiger partial charge in [-0.15, -0.1) is 0 Å². The van der Waals surface area contributed by atoms with E-state index in [-0.39, 0.29) is 12.5 Å². The average molecular weight is 278 g/mol. The summed E-state index contributed by atoms with van der Waals surface area (Å²) in [5, 5.41) is 0. The lowest BCUT2D eigenvalue weighted by Crippen LogP contribution is -2.42. The number of likely N-dealkylation sites (N-methyl/N-ethyl adjacent to an activating group) is 1. The molecule has 0 aromatic heterocycles. The van der Waals surface area contributed by atoms with Crippen molar-refractivity contribution in [2.75, 3.05) is 53.0 Å². The molecule has 0 N–H and O–H groups in total. The zero-order valence-corrected chi connectivity index (χ0v) is 12.0. The first-order chi connectivity index (χ1) is 9.75. The molecule has 1 aliphatic heterocycles. The first-order valence-electron chi connectivity index (χ1n) is 6.97. The van der Waals surface area contributed by atoms with E-state index in [9.17, 15) is 4.79 Å². The van der Waals surface area contributed by atoms with Gasteiger partial charge in [-0.3, -0.25) is 9.69 Å². The van der Waals surface area contributed by atoms with Gasteiger partial charge in [0, 0.05) is 33.2 Å². The maximum atomic E-state index is 11.9. The van der Waals surface area contributed by atoms with Crippen LogP contribution in [0.25, 0.3) is 0 Å². The Morgan fingerprint density at radius 1 is 1.30 bits per heavy atom. The van der Waals surface area contributed by atoms with Crippen molar-refractivity contribution in [3.8, 4) is 5.75 Å². The van der Waals surface area contributed by atoms with Gasteiger partial charge in [0.2, 0.25) is 0 Å². The molecule has 0 atom stereocenters. The molecule has 5 nitrogen and oxygen atoms in total. The minimum absolute atomic E-state index is 0.00196. The van der Waals surface area contributed by atoms with Crippen molar-refractivity contribution in [3.05, 3.63) is 30.3 Å². The van der Waals surface area contributed by atoms with Crippen LogP contribution in [0, 0.1) is 0 Å². The van der Waals surface area contributed by atoms with Gasteiger partial charge < -0.3 is 14.4 Å². The van der Waals surface area contributed by atoms with E-state index < -0.39 is 0 Å². The Morgan fingerprint density at radius 2 is 2.00 bits per heavy atom. The first kappa shape index (κ1) is 14.8. The number of hydrogen-bond acceptors (Lipinski definition) is 4. The number of carbonyl (C=O) groups is 1. The molecule has 20 heavy (non-hydrogen) atoms. The van der Waals surface area contributed by atoms with Gasteiger partial charge in [0.25, 0.3) is 5.91 Å². The van der Waals surface area contributed by atoms with E-state index in [1.807, 2.05) is 37.4 Å². The van der Waals surface area contributed by atoms with Crippen LogP contribution in [0.1, 0.15) is 0 Å². The largest absolute Gasteiger partial charge is 0.484 e. The average Bonchev–Trinajstić information content (AvgIpc) is 2.52. The fraction of sp³-hybridized carbons (Fsp3) is 0.533. The van der Waals surface area contributed by atoms with Gasteiger partial charge >= 0.3 is 0 Å². The smallest absolute Gasteiger partial charge is 0.260 e. The fourth-order valence-electron chi connectivity index (χ4n) is 2.01. The van der Waals surface area contributed by atoms with Crippen molar-refractivity contribution >= 4 is 5.91 Å². The van der Waals surface area contributed by atoms with E-state index in [0.29, 0.717) is 0 Å². The van der Waals surface area contributed by atoms with Gasteiger partial charge in [-0.25, -0.2) is 0 Å². The quantitative estimate of drug-likeness (QED) is 0.774. The third-order valence-corrected chi connectivity index (χ3v) is 3.39. The van der Waals surface area contributed by atoms with Crippen molar-refractivity contribution in [2.45, 2.75) is 0 Å². The van der Waals surface area contributed by atoms with Crippen LogP contribution in [-0.2, 0) is 9.53 Å². The van der Waals surface area contributed by atoms with Crippen LogP contribution >= 0.6 is 0 Å². The van der Waals surface area contributed by atoms with Crippen molar-refractivity contribution < 1.29 is 14.3 Å². The molecule has 0 spiro atoms. The van der Waals surface area contributed by atoms with Gasteiger partial charge in [-0.1, -0.05) is 18.2 Å². The van der Waals surface area contributed by atoms with E-state index in [1.54, 1.807) is 4.90 Å². The molecule has 1 saturated heterocycles. The summed E-state index contributed by atoms with van der Waals surface area (Å²) in [5.41, 5.74) is 0. The molecular formula is C15H22N2O3. The number of ether oxygens (including phenoxy) is 2. The number of morpholine rings is 1. The van der Waals surface area contributed by atoms with Gasteiger partial charge in [-0.2, -0.15) is 0 Å². The minimum Gasteiger partial charge on any atom is -0.484 e. The Hall–Kier alpha value is -1.59. The summed E-state index contributed by atoms with van der Waals surface area (Å²) in [6, 6.07) is 9.40. The molecule has 0 radical (unpaired) electrons. The van der Waals surface area contributed by atoms with Crippen molar-refractivity contribution in [1.29, 1.82) is 0 Å². The lowest BCUT2D eigenvalue weighted by Gasteiger charge is -2.28. The SMILES string of the molecule is CN(CCN1CCOCC1)C(=O)COc1ccccc1. The van der Waals surface area contributed by atoms with Crippen LogP contribution in [-0.4, -0.2) is 68.8 Å². The van der Waals surface area contributed by atoms with Crippen LogP contribution in [0.2, 0.25) is 0 Å². The Balaban J connectivity index is 1.66. The zero-order chi connectivity index (χ0) is 14.2. The van der Waals surface area contributed by atoms with Crippen molar-refractivity contribution in [2.24, 2.45) is 0 Å². The molecule has 2 rings (SSSR count). The second-order valence-electron chi connectivity index (χ2n) is 4.87. The monoisotopic (exact) mass is 278 g/mol. The summed E-state index contributed by atoms with van der Waals surface area (Å²) in [7, 11) is 1.82. The lowest BCUT2D eigenvalue weighted by atomic mass is 10.3. The highest BCUT2D eigenvalue weighted by atomic mass is 16.5. The molecule has 5 heteroatoms. The first-order valence-corrected chi connectivity index (χ1v) is 6.97. The summed E-state index contributed by atoms with van der Waals surface area (Å²) in [5.74, 6) is 0.726. The topological polar surface area (TPSA) is 42.0 Å². The summed E-state index contributed by atoms with van der Waals surface area (Å²) in [6.07, 6.45) is 0. The highest BCUT2D eigenvalue weighted by Gasteiger charge is 2.13. The summed E-state index contributed by atoms with van der Waals surface area (Å²) in [4.78, 5) is 16.0. The number of carbonyl (C=O) groups excluding carboxylic acids is 1. The van der Waals surface area contributed by atoms with Crippen molar-refractivity contribution in [3.63, 3.8) is 0 Å². The molecule has 1 aromatic rings. The lowest BCUT2D eigenvalue weighted by molar-refractivity contribution is -0.132. The van der Waals surface area contributed by atoms with Gasteiger partial charge in [0.1, 0.15) is 5.75 Å². The van der Waals surface area contributed by atoms with E-state index in [1.165, 1.54) is 0 Å². The number of nitrogens with zero attached hydrogens (tertiary/aromatic N) is 2. The molecule has 0 aliphatic carbocycles. The number of amides is 1. The highest BCUT2D eigenvalue weighted by Crippen LogP contribution is 2.08. The second-order valence-corrected chi connectivity index (χ2v) is 4.87. The Kier molecular flexibility index (Phi) is 5.83. The van der Waals surface area contributed by atoms with Crippen molar-refractivity contribution in [1.82, 2.24) is 9.80 Å². The summed E-state index contributed by atoms with van der Waals surface area (Å²) in [6.45, 7) is 5.16. The highest BCUT2D eigenvalue weighted by molar-refractivity contribution is 5.77. The molecule has 0 saturated carbocycles. The van der Waals surface area contributed by atoms with E-state index in [2.05, 4.69) is 4.90 Å². The maximum absolute atomic E-state index is 11.9. The van der Waals surface area contributed by atoms with Gasteiger partial charge in [0.15, 0.2) is 6.61 Å². The van der Waals surface area contributed by atoms with E-state index in [0.717, 1.165) is 45.1 Å². The van der Waals surface area contributed by atoms with Gasteiger partial charge in [-0.05, 0) is 12.1 Å². The summed E-state index contributed by atoms with van der Waals surface area (Å²) >= 11 is 0. The molecular weight excluding hydrogens is 256 g/mol. The number of rotatable bonds is 6. The van der Waals surface area contributed by atoms with Gasteiger partial charge in [0.05, 0.1) is 13.2 Å². The minimum atomic E-state index is 0.00196. The van der Waals surface area contributed by atoms with Crippen LogP contribution in [0.5, 0.6) is 5.75 Å². The summed E-state index contributed by atoms with van der Waals surface area (Å²) < 4.78 is 10.8. The second kappa shape index (κ2) is 7.87. The third kappa shape index (κ3) is 4.83. The molecule has 1 aliphatic rings. The molecule has 110 valence electrons. The molecule has 1 amide bonds. The van der Waals surface area contributed by atoms with Crippen LogP contribution < -0.4 is 4.74 Å². The van der Waals surface area contributed by atoms with E-state index >= 15 is 0 Å². The molecule has 1 aromatic carbocycles. The van der Waals surface area contributed by atoms with Crippen LogP contribution in [0.3, 0.4) is 0 Å². The standard InChI is InChI=1S/C15H22N2O3/c1-16(7-8-17-9-11-19-12-10-17)15(18)13-20-14-5-3-2-4-6-14/h2-6H,7-13H2,1H3. The number of para-hydroxylation sites is 1. The normalized spacial score (nSPS) is 15.8. The van der Waals surface area contributed by atoms with E-state index in [4.69, 9.17) is 9.47 Å². The Labute approximate surface area is 120 Å². The third-order valence-electron chi connectivity index (χ3n) is 3.39.